The molecule has 7 heteroatoms. The molecule has 0 amide bonds. The van der Waals surface area contributed by atoms with Gasteiger partial charge in [0.15, 0.2) is 11.4 Å². The Bertz CT molecular complexity index is 1030. The molecule has 0 aromatic heterocycles. The van der Waals surface area contributed by atoms with E-state index in [2.05, 4.69) is 10.4 Å². The molecule has 0 aliphatic rings. The van der Waals surface area contributed by atoms with Gasteiger partial charge in [0.1, 0.15) is 11.5 Å². The average Bonchev–Trinajstić information content (AvgIpc) is 2.68. The van der Waals surface area contributed by atoms with Crippen molar-refractivity contribution in [1.29, 1.82) is 0 Å². The van der Waals surface area contributed by atoms with Crippen LogP contribution < -0.4 is 0 Å². The molecule has 4 rings (SSSR count). The molecule has 4 aromatic carbocycles. The molecular weight excluding hydrogens is 391 g/mol. The average molecular weight is 405 g/mol. The van der Waals surface area contributed by atoms with Crippen LogP contribution in [0.1, 0.15) is 0 Å². The first-order valence-corrected chi connectivity index (χ1v) is 7.74. The minimum atomic E-state index is -0.0753. The molecule has 0 heterocycles. The standard InChI is InChI=1S/2C10H7NO2.Ni/c2*12-9-6-5-7-3-1-2-4-8(7)10(9)11-13;/h2*1-6,12H;. The van der Waals surface area contributed by atoms with Gasteiger partial charge in [0.2, 0.25) is 0 Å². The number of fused-ring (bicyclic) bond motifs is 2. The molecule has 0 spiro atoms. The van der Waals surface area contributed by atoms with Crippen LogP contribution in [0.25, 0.3) is 21.5 Å². The fraction of sp³-hybridized carbons (Fsp3) is 0. The topological polar surface area (TPSA) is 99.3 Å². The van der Waals surface area contributed by atoms with E-state index in [1.165, 1.54) is 12.1 Å². The van der Waals surface area contributed by atoms with E-state index in [-0.39, 0.29) is 39.4 Å². The summed E-state index contributed by atoms with van der Waals surface area (Å²) in [6.45, 7) is 0. The second kappa shape index (κ2) is 8.87. The molecule has 27 heavy (non-hydrogen) atoms. The van der Waals surface area contributed by atoms with E-state index >= 15 is 0 Å². The number of aromatic hydroxyl groups is 2. The summed E-state index contributed by atoms with van der Waals surface area (Å²) in [7, 11) is 0. The first kappa shape index (κ1) is 20.0. The Hall–Kier alpha value is -3.31. The maximum atomic E-state index is 10.4. The van der Waals surface area contributed by atoms with Crippen molar-refractivity contribution < 1.29 is 26.7 Å². The smallest absolute Gasteiger partial charge is 0.157 e. The van der Waals surface area contributed by atoms with E-state index in [0.29, 0.717) is 10.8 Å². The van der Waals surface area contributed by atoms with E-state index in [9.17, 15) is 20.0 Å². The van der Waals surface area contributed by atoms with Crippen molar-refractivity contribution in [1.82, 2.24) is 0 Å². The molecule has 138 valence electrons. The molecule has 4 aromatic rings. The van der Waals surface area contributed by atoms with Gasteiger partial charge in [-0.05, 0) is 33.3 Å². The summed E-state index contributed by atoms with van der Waals surface area (Å²) in [5.74, 6) is -0.151. The molecule has 0 saturated heterocycles. The summed E-state index contributed by atoms with van der Waals surface area (Å²) in [4.78, 5) is 20.9. The molecule has 0 saturated carbocycles. The second-order valence-electron chi connectivity index (χ2n) is 5.49. The van der Waals surface area contributed by atoms with Crippen molar-refractivity contribution in [3.63, 3.8) is 0 Å². The Kier molecular flexibility index (Phi) is 6.58. The number of rotatable bonds is 2. The normalized spacial score (nSPS) is 9.78. The van der Waals surface area contributed by atoms with Crippen LogP contribution in [0.5, 0.6) is 11.5 Å². The first-order valence-electron chi connectivity index (χ1n) is 7.74. The summed E-state index contributed by atoms with van der Waals surface area (Å²) in [5, 5.41) is 27.4. The Morgan fingerprint density at radius 3 is 1.30 bits per heavy atom. The van der Waals surface area contributed by atoms with E-state index < -0.39 is 0 Å². The SMILES string of the molecule is O=Nc1c(O)ccc2ccccc12.O=Nc1c(O)ccc2ccccc12.[Ni]. The van der Waals surface area contributed by atoms with Gasteiger partial charge in [-0.1, -0.05) is 60.7 Å². The number of phenols is 2. The third-order valence-electron chi connectivity index (χ3n) is 3.94. The Labute approximate surface area is 164 Å². The maximum absolute atomic E-state index is 10.4. The number of phenolic OH excluding ortho intramolecular Hbond substituents is 2. The van der Waals surface area contributed by atoms with E-state index in [1.54, 1.807) is 36.4 Å². The summed E-state index contributed by atoms with van der Waals surface area (Å²) >= 11 is 0. The number of nitrogens with zero attached hydrogens (tertiary/aromatic N) is 2. The number of nitroso groups, excluding NO2 is 2. The molecule has 6 nitrogen and oxygen atoms in total. The summed E-state index contributed by atoms with van der Waals surface area (Å²) in [5.41, 5.74) is 0.219. The van der Waals surface area contributed by atoms with Gasteiger partial charge in [0, 0.05) is 27.3 Å². The third-order valence-corrected chi connectivity index (χ3v) is 3.94. The van der Waals surface area contributed by atoms with Crippen LogP contribution in [0.3, 0.4) is 0 Å². The molecule has 0 bridgehead atoms. The molecule has 0 aliphatic heterocycles. The van der Waals surface area contributed by atoms with Crippen molar-refractivity contribution >= 4 is 32.9 Å². The van der Waals surface area contributed by atoms with Crippen LogP contribution in [0, 0.1) is 9.81 Å². The van der Waals surface area contributed by atoms with Gasteiger partial charge >= 0.3 is 0 Å². The Balaban J connectivity index is 0.000000187. The van der Waals surface area contributed by atoms with E-state index in [4.69, 9.17) is 0 Å². The van der Waals surface area contributed by atoms with Crippen LogP contribution in [0.2, 0.25) is 0 Å². The molecule has 0 aliphatic carbocycles. The van der Waals surface area contributed by atoms with Gasteiger partial charge < -0.3 is 10.2 Å². The third kappa shape index (κ3) is 4.10. The van der Waals surface area contributed by atoms with Gasteiger partial charge in [-0.3, -0.25) is 0 Å². The Morgan fingerprint density at radius 2 is 0.926 bits per heavy atom. The fourth-order valence-electron chi connectivity index (χ4n) is 2.68. The van der Waals surface area contributed by atoms with Gasteiger partial charge in [0.05, 0.1) is 0 Å². The molecule has 2 N–H and O–H groups in total. The molecule has 0 fully saturated rings. The van der Waals surface area contributed by atoms with Crippen molar-refractivity contribution in [2.45, 2.75) is 0 Å². The second-order valence-corrected chi connectivity index (χ2v) is 5.49. The zero-order valence-electron chi connectivity index (χ0n) is 13.8. The van der Waals surface area contributed by atoms with Crippen molar-refractivity contribution in [3.05, 3.63) is 82.6 Å². The minimum Gasteiger partial charge on any atom is -0.506 e. The van der Waals surface area contributed by atoms with Crippen LogP contribution in [0.4, 0.5) is 11.4 Å². The number of benzene rings is 4. The fourth-order valence-corrected chi connectivity index (χ4v) is 2.68. The van der Waals surface area contributed by atoms with Crippen LogP contribution in [-0.2, 0) is 16.5 Å². The van der Waals surface area contributed by atoms with Crippen molar-refractivity contribution in [3.8, 4) is 11.5 Å². The molecule has 0 radical (unpaired) electrons. The van der Waals surface area contributed by atoms with Crippen LogP contribution in [-0.4, -0.2) is 10.2 Å². The van der Waals surface area contributed by atoms with Crippen molar-refractivity contribution in [2.24, 2.45) is 10.4 Å². The van der Waals surface area contributed by atoms with Gasteiger partial charge in [0.25, 0.3) is 0 Å². The summed E-state index contributed by atoms with van der Waals surface area (Å²) in [6.07, 6.45) is 0. The first-order chi connectivity index (χ1) is 12.7. The number of hydrogen-bond acceptors (Lipinski definition) is 6. The summed E-state index contributed by atoms with van der Waals surface area (Å²) < 4.78 is 0. The monoisotopic (exact) mass is 404 g/mol. The predicted octanol–water partition coefficient (Wildman–Crippen LogP) is 5.88. The zero-order chi connectivity index (χ0) is 18.5. The maximum Gasteiger partial charge on any atom is 0.157 e. The van der Waals surface area contributed by atoms with Crippen LogP contribution >= 0.6 is 0 Å². The molecule has 0 atom stereocenters. The van der Waals surface area contributed by atoms with Crippen molar-refractivity contribution in [2.75, 3.05) is 0 Å². The predicted molar refractivity (Wildman–Crippen MR) is 102 cm³/mol. The minimum absolute atomic E-state index is 0. The molecule has 0 unspecified atom stereocenters. The molecular formula is C20H14N2NiO4. The zero-order valence-corrected chi connectivity index (χ0v) is 14.8. The van der Waals surface area contributed by atoms with E-state index in [1.807, 2.05) is 24.3 Å². The Morgan fingerprint density at radius 1 is 0.556 bits per heavy atom. The van der Waals surface area contributed by atoms with E-state index in [0.717, 1.165) is 10.8 Å². The largest absolute Gasteiger partial charge is 0.506 e. The quantitative estimate of drug-likeness (QED) is 0.321. The van der Waals surface area contributed by atoms with Crippen LogP contribution in [0.15, 0.2) is 83.2 Å². The van der Waals surface area contributed by atoms with Gasteiger partial charge in [-0.15, -0.1) is 9.81 Å². The summed E-state index contributed by atoms with van der Waals surface area (Å²) in [6, 6.07) is 21.0. The van der Waals surface area contributed by atoms with Gasteiger partial charge in [-0.2, -0.15) is 0 Å². The number of hydrogen-bond donors (Lipinski definition) is 2. The van der Waals surface area contributed by atoms with Gasteiger partial charge in [-0.25, -0.2) is 0 Å².